The van der Waals surface area contributed by atoms with Crippen molar-refractivity contribution in [1.29, 1.82) is 0 Å². The van der Waals surface area contributed by atoms with E-state index >= 15 is 0 Å². The zero-order valence-electron chi connectivity index (χ0n) is 13.3. The number of methoxy groups -OCH3 is 1. The van der Waals surface area contributed by atoms with Crippen molar-refractivity contribution in [3.8, 4) is 0 Å². The first kappa shape index (κ1) is 14.1. The molecular formula is C17H26O3. The van der Waals surface area contributed by atoms with Crippen LogP contribution in [0.1, 0.15) is 53.4 Å². The Hall–Kier alpha value is -0.860. The van der Waals surface area contributed by atoms with E-state index in [-0.39, 0.29) is 40.0 Å². The van der Waals surface area contributed by atoms with E-state index in [4.69, 9.17) is 4.74 Å². The topological polar surface area (TPSA) is 43.4 Å². The molecule has 3 saturated carbocycles. The van der Waals surface area contributed by atoms with Crippen molar-refractivity contribution in [3.05, 3.63) is 0 Å². The van der Waals surface area contributed by atoms with Gasteiger partial charge in [-0.25, -0.2) is 0 Å². The second kappa shape index (κ2) is 3.86. The Morgan fingerprint density at radius 2 is 1.80 bits per heavy atom. The Morgan fingerprint density at radius 3 is 2.40 bits per heavy atom. The summed E-state index contributed by atoms with van der Waals surface area (Å²) in [4.78, 5) is 25.1. The summed E-state index contributed by atoms with van der Waals surface area (Å²) in [5.74, 6) is 0.363. The Labute approximate surface area is 121 Å². The van der Waals surface area contributed by atoms with E-state index in [1.165, 1.54) is 7.11 Å². The van der Waals surface area contributed by atoms with Crippen molar-refractivity contribution in [2.24, 2.45) is 34.0 Å². The molecule has 3 nitrogen and oxygen atoms in total. The molecule has 0 heterocycles. The van der Waals surface area contributed by atoms with E-state index in [1.54, 1.807) is 0 Å². The Bertz CT molecular complexity index is 481. The molecule has 0 aromatic rings. The van der Waals surface area contributed by atoms with Crippen LogP contribution < -0.4 is 0 Å². The van der Waals surface area contributed by atoms with Gasteiger partial charge in [0.2, 0.25) is 0 Å². The second-order valence-corrected chi connectivity index (χ2v) is 8.32. The van der Waals surface area contributed by atoms with Gasteiger partial charge in [0.05, 0.1) is 13.0 Å². The van der Waals surface area contributed by atoms with Crippen molar-refractivity contribution in [2.45, 2.75) is 53.4 Å². The molecule has 0 aromatic heterocycles. The maximum absolute atomic E-state index is 12.6. The lowest BCUT2D eigenvalue weighted by molar-refractivity contribution is -0.157. The first-order valence-electron chi connectivity index (χ1n) is 7.79. The Kier molecular flexibility index (Phi) is 2.72. The van der Waals surface area contributed by atoms with Crippen LogP contribution >= 0.6 is 0 Å². The first-order chi connectivity index (χ1) is 9.19. The molecule has 112 valence electrons. The molecule has 0 spiro atoms. The summed E-state index contributed by atoms with van der Waals surface area (Å²) in [6.45, 7) is 8.88. The highest BCUT2D eigenvalue weighted by molar-refractivity contribution is 5.91. The van der Waals surface area contributed by atoms with Crippen LogP contribution in [-0.2, 0) is 14.3 Å². The van der Waals surface area contributed by atoms with Gasteiger partial charge < -0.3 is 4.74 Å². The molecule has 3 heteroatoms. The predicted molar refractivity (Wildman–Crippen MR) is 76.0 cm³/mol. The highest BCUT2D eigenvalue weighted by Gasteiger charge is 2.75. The molecular weight excluding hydrogens is 252 g/mol. The molecule has 0 aliphatic heterocycles. The van der Waals surface area contributed by atoms with E-state index < -0.39 is 0 Å². The van der Waals surface area contributed by atoms with Crippen LogP contribution in [0.2, 0.25) is 0 Å². The number of hydrogen-bond donors (Lipinski definition) is 0. The van der Waals surface area contributed by atoms with Crippen LogP contribution in [0.3, 0.4) is 0 Å². The van der Waals surface area contributed by atoms with Crippen LogP contribution in [0.25, 0.3) is 0 Å². The van der Waals surface area contributed by atoms with E-state index in [2.05, 4.69) is 27.7 Å². The summed E-state index contributed by atoms with van der Waals surface area (Å²) in [6, 6.07) is 0. The lowest BCUT2D eigenvalue weighted by atomic mass is 9.58. The summed E-state index contributed by atoms with van der Waals surface area (Å²) in [7, 11) is 1.48. The number of carbonyl (C=O) groups is 2. The molecule has 3 aliphatic carbocycles. The third-order valence-corrected chi connectivity index (χ3v) is 7.16. The number of Topliss-reactive ketones (excluding diaryl/α,β-unsaturated/α-hetero) is 1. The fraction of sp³-hybridized carbons (Fsp3) is 0.882. The average molecular weight is 278 g/mol. The van der Waals surface area contributed by atoms with Crippen molar-refractivity contribution in [1.82, 2.24) is 0 Å². The lowest BCUT2D eigenvalue weighted by Gasteiger charge is -2.45. The highest BCUT2D eigenvalue weighted by atomic mass is 16.5. The summed E-state index contributed by atoms with van der Waals surface area (Å²) in [5, 5.41) is 0. The van der Waals surface area contributed by atoms with Crippen molar-refractivity contribution >= 4 is 11.8 Å². The maximum Gasteiger partial charge on any atom is 0.309 e. The van der Waals surface area contributed by atoms with Crippen molar-refractivity contribution < 1.29 is 14.3 Å². The fourth-order valence-electron chi connectivity index (χ4n) is 5.99. The molecule has 0 amide bonds. The van der Waals surface area contributed by atoms with Gasteiger partial charge >= 0.3 is 5.97 Å². The van der Waals surface area contributed by atoms with E-state index in [0.717, 1.165) is 19.3 Å². The third kappa shape index (κ3) is 1.37. The minimum atomic E-state index is -0.218. The van der Waals surface area contributed by atoms with Gasteiger partial charge in [-0.15, -0.1) is 0 Å². The monoisotopic (exact) mass is 278 g/mol. The number of ether oxygens (including phenoxy) is 1. The van der Waals surface area contributed by atoms with Gasteiger partial charge in [0.25, 0.3) is 0 Å². The minimum Gasteiger partial charge on any atom is -0.469 e. The first-order valence-corrected chi connectivity index (χ1v) is 7.79. The summed E-state index contributed by atoms with van der Waals surface area (Å²) < 4.78 is 5.12. The Balaban J connectivity index is 2.20. The molecule has 3 aliphatic rings. The van der Waals surface area contributed by atoms with Crippen LogP contribution in [0.5, 0.6) is 0 Å². The normalized spacial score (nSPS) is 49.0. The van der Waals surface area contributed by atoms with Gasteiger partial charge in [-0.1, -0.05) is 34.1 Å². The van der Waals surface area contributed by atoms with Gasteiger partial charge in [0, 0.05) is 12.3 Å². The SMILES string of the molecule is COC(=O)[C@H]1[C@H]2[C@H]3C(=O)C[C@]1(C)[C@@]3(C)CCCC2(C)C. The molecule has 4 bridgehead atoms. The van der Waals surface area contributed by atoms with Crippen molar-refractivity contribution in [3.63, 3.8) is 0 Å². The van der Waals surface area contributed by atoms with E-state index in [0.29, 0.717) is 12.2 Å². The number of rotatable bonds is 1. The number of carbonyl (C=O) groups excluding carboxylic acids is 2. The van der Waals surface area contributed by atoms with Crippen molar-refractivity contribution in [2.75, 3.05) is 7.11 Å². The minimum absolute atomic E-state index is 0.0264. The number of esters is 1. The molecule has 0 unspecified atom stereocenters. The standard InChI is InChI=1S/C17H26O3/c1-15(2)7-6-8-16(3)11-10(18)9-17(16,4)13(12(11)15)14(19)20-5/h11-13H,6-9H2,1-5H3/t11-,12-,13-,16+,17+/m1/s1. The van der Waals surface area contributed by atoms with Crippen LogP contribution in [0.15, 0.2) is 0 Å². The van der Waals surface area contributed by atoms with E-state index in [9.17, 15) is 9.59 Å². The van der Waals surface area contributed by atoms with Gasteiger partial charge in [-0.05, 0) is 35.0 Å². The molecule has 0 saturated heterocycles. The van der Waals surface area contributed by atoms with Crippen LogP contribution in [-0.4, -0.2) is 18.9 Å². The number of ketones is 1. The second-order valence-electron chi connectivity index (χ2n) is 8.32. The number of hydrogen-bond acceptors (Lipinski definition) is 3. The molecule has 0 radical (unpaired) electrons. The molecule has 5 atom stereocenters. The summed E-state index contributed by atoms with van der Waals surface area (Å²) in [5.41, 5.74) is -0.208. The van der Waals surface area contributed by atoms with Crippen LogP contribution in [0.4, 0.5) is 0 Å². The fourth-order valence-corrected chi connectivity index (χ4v) is 5.99. The maximum atomic E-state index is 12.6. The summed E-state index contributed by atoms with van der Waals surface area (Å²) in [6.07, 6.45) is 3.88. The van der Waals surface area contributed by atoms with E-state index in [1.807, 2.05) is 0 Å². The zero-order chi connectivity index (χ0) is 14.9. The lowest BCUT2D eigenvalue weighted by Crippen LogP contribution is -2.46. The molecule has 0 N–H and O–H groups in total. The van der Waals surface area contributed by atoms with Gasteiger partial charge in [-0.2, -0.15) is 0 Å². The average Bonchev–Trinajstić information content (AvgIpc) is 2.60. The smallest absolute Gasteiger partial charge is 0.309 e. The molecule has 3 fully saturated rings. The van der Waals surface area contributed by atoms with Gasteiger partial charge in [0.15, 0.2) is 0 Å². The quantitative estimate of drug-likeness (QED) is 0.692. The van der Waals surface area contributed by atoms with Crippen LogP contribution in [0, 0.1) is 34.0 Å². The predicted octanol–water partition coefficient (Wildman–Crippen LogP) is 3.22. The van der Waals surface area contributed by atoms with Gasteiger partial charge in [-0.3, -0.25) is 9.59 Å². The largest absolute Gasteiger partial charge is 0.469 e. The van der Waals surface area contributed by atoms with Gasteiger partial charge in [0.1, 0.15) is 5.78 Å². The highest BCUT2D eigenvalue weighted by Crippen LogP contribution is 2.75. The summed E-state index contributed by atoms with van der Waals surface area (Å²) >= 11 is 0. The molecule has 0 aromatic carbocycles. The third-order valence-electron chi connectivity index (χ3n) is 7.16. The Morgan fingerprint density at radius 1 is 1.15 bits per heavy atom. The molecule has 3 rings (SSSR count). The zero-order valence-corrected chi connectivity index (χ0v) is 13.3. The molecule has 20 heavy (non-hydrogen) atoms.